The molecule has 9 heteroatoms. The molecule has 1 amide bonds. The van der Waals surface area contributed by atoms with Gasteiger partial charge in [0.05, 0.1) is 12.1 Å². The van der Waals surface area contributed by atoms with Gasteiger partial charge >= 0.3 is 0 Å². The molecule has 33 heavy (non-hydrogen) atoms. The molecular weight excluding hydrogens is 422 g/mol. The van der Waals surface area contributed by atoms with Crippen molar-refractivity contribution in [3.63, 3.8) is 0 Å². The molecule has 1 aliphatic heterocycles. The maximum atomic E-state index is 12.0. The van der Waals surface area contributed by atoms with Gasteiger partial charge in [-0.15, -0.1) is 0 Å². The van der Waals surface area contributed by atoms with Crippen molar-refractivity contribution in [3.8, 4) is 23.1 Å². The quantitative estimate of drug-likeness (QED) is 0.506. The standard InChI is InChI=1S/C24H23N5O4/c1-2-20(30)18-12-13-29(21(18)25)24-27-14-19(22(26)31)23(28-24)33-17-10-8-16(9-11-17)32-15-6-4-3-5-7-15/h2-11,14,18,21H,1,12-13,25H2,(H2,26,31). The summed E-state index contributed by atoms with van der Waals surface area (Å²) in [6.07, 6.45) is 2.50. The third-order valence-corrected chi connectivity index (χ3v) is 5.30. The van der Waals surface area contributed by atoms with Crippen LogP contribution in [0.4, 0.5) is 5.95 Å². The number of amides is 1. The zero-order valence-electron chi connectivity index (χ0n) is 17.8. The van der Waals surface area contributed by atoms with E-state index in [1.807, 2.05) is 30.3 Å². The monoisotopic (exact) mass is 445 g/mol. The molecule has 0 saturated carbocycles. The summed E-state index contributed by atoms with van der Waals surface area (Å²) in [5, 5.41) is 0. The van der Waals surface area contributed by atoms with E-state index in [0.717, 1.165) is 0 Å². The summed E-state index contributed by atoms with van der Waals surface area (Å²) in [6.45, 7) is 4.00. The van der Waals surface area contributed by atoms with Crippen molar-refractivity contribution >= 4 is 17.6 Å². The van der Waals surface area contributed by atoms with Gasteiger partial charge in [0.2, 0.25) is 11.8 Å². The molecule has 2 aromatic carbocycles. The minimum Gasteiger partial charge on any atom is -0.457 e. The molecule has 0 radical (unpaired) electrons. The van der Waals surface area contributed by atoms with E-state index >= 15 is 0 Å². The topological polar surface area (TPSA) is 134 Å². The summed E-state index contributed by atoms with van der Waals surface area (Å²) in [6, 6.07) is 16.2. The van der Waals surface area contributed by atoms with Crippen LogP contribution < -0.4 is 25.8 Å². The van der Waals surface area contributed by atoms with E-state index in [2.05, 4.69) is 16.5 Å². The molecular formula is C24H23N5O4. The van der Waals surface area contributed by atoms with Crippen LogP contribution >= 0.6 is 0 Å². The number of ketones is 1. The lowest BCUT2D eigenvalue weighted by Crippen LogP contribution is -2.43. The number of allylic oxidation sites excluding steroid dienone is 1. The molecule has 1 aliphatic rings. The molecule has 0 aliphatic carbocycles. The van der Waals surface area contributed by atoms with Crippen LogP contribution in [0.1, 0.15) is 16.8 Å². The van der Waals surface area contributed by atoms with Crippen LogP contribution in [0.3, 0.4) is 0 Å². The van der Waals surface area contributed by atoms with Crippen LogP contribution in [0.25, 0.3) is 0 Å². The minimum atomic E-state index is -0.731. The number of primary amides is 1. The number of rotatable bonds is 8. The Morgan fingerprint density at radius 3 is 2.30 bits per heavy atom. The van der Waals surface area contributed by atoms with Crippen LogP contribution in [-0.4, -0.2) is 34.4 Å². The van der Waals surface area contributed by atoms with Gasteiger partial charge in [0.1, 0.15) is 22.8 Å². The van der Waals surface area contributed by atoms with E-state index < -0.39 is 18.0 Å². The number of hydrogen-bond acceptors (Lipinski definition) is 8. The van der Waals surface area contributed by atoms with Crippen molar-refractivity contribution < 1.29 is 19.1 Å². The van der Waals surface area contributed by atoms with Crippen LogP contribution in [0.5, 0.6) is 23.1 Å². The molecule has 1 aromatic heterocycles. The fraction of sp³-hybridized carbons (Fsp3) is 0.167. The van der Waals surface area contributed by atoms with Gasteiger partial charge in [-0.25, -0.2) is 4.98 Å². The number of para-hydroxylation sites is 1. The predicted molar refractivity (Wildman–Crippen MR) is 122 cm³/mol. The van der Waals surface area contributed by atoms with Gasteiger partial charge in [0.15, 0.2) is 5.78 Å². The smallest absolute Gasteiger partial charge is 0.255 e. The number of ether oxygens (including phenoxy) is 2. The number of anilines is 1. The molecule has 1 fully saturated rings. The second-order valence-electron chi connectivity index (χ2n) is 7.43. The average molecular weight is 445 g/mol. The fourth-order valence-electron chi connectivity index (χ4n) is 3.57. The third-order valence-electron chi connectivity index (χ3n) is 5.30. The molecule has 4 N–H and O–H groups in total. The molecule has 0 bridgehead atoms. The maximum Gasteiger partial charge on any atom is 0.255 e. The first-order valence-electron chi connectivity index (χ1n) is 10.3. The summed E-state index contributed by atoms with van der Waals surface area (Å²) in [5.41, 5.74) is 11.7. The SMILES string of the molecule is C=CC(=O)C1CCN(c2ncc(C(N)=O)c(Oc3ccc(Oc4ccccc4)cc3)n2)C1N. The van der Waals surface area contributed by atoms with E-state index in [9.17, 15) is 9.59 Å². The number of nitrogens with zero attached hydrogens (tertiary/aromatic N) is 3. The van der Waals surface area contributed by atoms with Gasteiger partial charge in [-0.2, -0.15) is 4.98 Å². The zero-order valence-corrected chi connectivity index (χ0v) is 17.8. The summed E-state index contributed by atoms with van der Waals surface area (Å²) in [4.78, 5) is 34.2. The van der Waals surface area contributed by atoms with Gasteiger partial charge in [0, 0.05) is 12.7 Å². The second-order valence-corrected chi connectivity index (χ2v) is 7.43. The minimum absolute atomic E-state index is 0.00470. The number of carbonyl (C=O) groups is 2. The summed E-state index contributed by atoms with van der Waals surface area (Å²) < 4.78 is 11.6. The molecule has 1 saturated heterocycles. The molecule has 2 heterocycles. The predicted octanol–water partition coefficient (Wildman–Crippen LogP) is 3.03. The van der Waals surface area contributed by atoms with Gasteiger partial charge in [-0.1, -0.05) is 24.8 Å². The Hall–Kier alpha value is -4.24. The van der Waals surface area contributed by atoms with E-state index in [0.29, 0.717) is 30.2 Å². The van der Waals surface area contributed by atoms with Gasteiger partial charge in [0.25, 0.3) is 5.91 Å². The number of aromatic nitrogens is 2. The van der Waals surface area contributed by atoms with Crippen LogP contribution in [0, 0.1) is 5.92 Å². The molecule has 3 aromatic rings. The fourth-order valence-corrected chi connectivity index (χ4v) is 3.57. The van der Waals surface area contributed by atoms with E-state index in [1.165, 1.54) is 12.3 Å². The highest BCUT2D eigenvalue weighted by Gasteiger charge is 2.36. The summed E-state index contributed by atoms with van der Waals surface area (Å²) in [5.74, 6) is 0.724. The van der Waals surface area contributed by atoms with Crippen molar-refractivity contribution in [1.29, 1.82) is 0 Å². The Balaban J connectivity index is 1.55. The summed E-state index contributed by atoms with van der Waals surface area (Å²) >= 11 is 0. The first-order chi connectivity index (χ1) is 16.0. The van der Waals surface area contributed by atoms with Crippen LogP contribution in [0.2, 0.25) is 0 Å². The Labute approximate surface area is 190 Å². The van der Waals surface area contributed by atoms with E-state index in [1.54, 1.807) is 29.2 Å². The van der Waals surface area contributed by atoms with Crippen molar-refractivity contribution in [1.82, 2.24) is 9.97 Å². The van der Waals surface area contributed by atoms with E-state index in [4.69, 9.17) is 20.9 Å². The highest BCUT2D eigenvalue weighted by Crippen LogP contribution is 2.31. The molecule has 9 nitrogen and oxygen atoms in total. The van der Waals surface area contributed by atoms with E-state index in [-0.39, 0.29) is 23.2 Å². The molecule has 2 atom stereocenters. The zero-order chi connectivity index (χ0) is 23.4. The van der Waals surface area contributed by atoms with Crippen molar-refractivity contribution in [3.05, 3.63) is 79.0 Å². The molecule has 4 rings (SSSR count). The number of nitrogens with two attached hydrogens (primary N) is 2. The maximum absolute atomic E-state index is 12.0. The normalized spacial score (nSPS) is 17.4. The highest BCUT2D eigenvalue weighted by atomic mass is 16.5. The first-order valence-corrected chi connectivity index (χ1v) is 10.3. The molecule has 168 valence electrons. The first kappa shape index (κ1) is 22.0. The molecule has 0 spiro atoms. The number of carbonyl (C=O) groups excluding carboxylic acids is 2. The van der Waals surface area contributed by atoms with Gasteiger partial charge < -0.3 is 25.8 Å². The Morgan fingerprint density at radius 2 is 1.67 bits per heavy atom. The molecule has 2 unspecified atom stereocenters. The summed E-state index contributed by atoms with van der Waals surface area (Å²) in [7, 11) is 0. The lowest BCUT2D eigenvalue weighted by atomic mass is 10.0. The van der Waals surface area contributed by atoms with Crippen molar-refractivity contribution in [2.75, 3.05) is 11.4 Å². The third kappa shape index (κ3) is 4.83. The average Bonchev–Trinajstić information content (AvgIpc) is 3.21. The second kappa shape index (κ2) is 9.49. The Bertz CT molecular complexity index is 1170. The lowest BCUT2D eigenvalue weighted by molar-refractivity contribution is -0.118. The number of hydrogen-bond donors (Lipinski definition) is 2. The lowest BCUT2D eigenvalue weighted by Gasteiger charge is -2.24. The van der Waals surface area contributed by atoms with Gasteiger partial charge in [-0.05, 0) is 48.9 Å². The van der Waals surface area contributed by atoms with Crippen LogP contribution in [0.15, 0.2) is 73.4 Å². The van der Waals surface area contributed by atoms with Gasteiger partial charge in [-0.3, -0.25) is 9.59 Å². The van der Waals surface area contributed by atoms with Crippen molar-refractivity contribution in [2.24, 2.45) is 17.4 Å². The number of benzene rings is 2. The highest BCUT2D eigenvalue weighted by molar-refractivity contribution is 5.95. The van der Waals surface area contributed by atoms with Crippen LogP contribution in [-0.2, 0) is 4.79 Å². The van der Waals surface area contributed by atoms with Crippen molar-refractivity contribution in [2.45, 2.75) is 12.6 Å². The largest absolute Gasteiger partial charge is 0.457 e. The Morgan fingerprint density at radius 1 is 1.03 bits per heavy atom. The Kier molecular flexibility index (Phi) is 6.32.